The van der Waals surface area contributed by atoms with Crippen molar-refractivity contribution in [2.45, 2.75) is 27.3 Å². The predicted octanol–water partition coefficient (Wildman–Crippen LogP) is 0.684. The van der Waals surface area contributed by atoms with Gasteiger partial charge in [-0.25, -0.2) is 0 Å². The third kappa shape index (κ3) is 4.49. The summed E-state index contributed by atoms with van der Waals surface area (Å²) in [7, 11) is 0. The lowest BCUT2D eigenvalue weighted by molar-refractivity contribution is -0.128. The molecular formula is C9H16N2O3. The van der Waals surface area contributed by atoms with Crippen LogP contribution in [0.15, 0.2) is 10.9 Å². The fourth-order valence-corrected chi connectivity index (χ4v) is 0.866. The predicted molar refractivity (Wildman–Crippen MR) is 53.2 cm³/mol. The van der Waals surface area contributed by atoms with Gasteiger partial charge >= 0.3 is 0 Å². The van der Waals surface area contributed by atoms with E-state index in [2.05, 4.69) is 9.84 Å². The summed E-state index contributed by atoms with van der Waals surface area (Å²) in [6.45, 7) is 7.18. The Balaban J connectivity index is 0.000000292. The van der Waals surface area contributed by atoms with Gasteiger partial charge in [0.25, 0.3) is 12.0 Å². The maximum absolute atomic E-state index is 10.8. The van der Waals surface area contributed by atoms with Gasteiger partial charge in [-0.1, -0.05) is 0 Å². The summed E-state index contributed by atoms with van der Waals surface area (Å²) < 4.78 is 5.72. The number of hydrogen-bond donors (Lipinski definition) is 1. The zero-order valence-corrected chi connectivity index (χ0v) is 8.74. The third-order valence-corrected chi connectivity index (χ3v) is 1.47. The van der Waals surface area contributed by atoms with E-state index < -0.39 is 0 Å². The molecule has 0 spiro atoms. The van der Waals surface area contributed by atoms with Crippen LogP contribution in [0.2, 0.25) is 0 Å². The van der Waals surface area contributed by atoms with Crippen LogP contribution < -0.4 is 5.56 Å². The highest BCUT2D eigenvalue weighted by molar-refractivity contribution is 5.36. The molecule has 0 aliphatic rings. The third-order valence-electron chi connectivity index (χ3n) is 1.47. The highest BCUT2D eigenvalue weighted by Crippen LogP contribution is 1.83. The Morgan fingerprint density at radius 1 is 1.57 bits per heavy atom. The number of nitrogens with zero attached hydrogens (tertiary/aromatic N) is 1. The van der Waals surface area contributed by atoms with Gasteiger partial charge in [-0.05, 0) is 20.8 Å². The molecule has 1 heterocycles. The summed E-state index contributed by atoms with van der Waals surface area (Å²) in [5, 5.41) is 2.90. The molecule has 0 aromatic carbocycles. The molecule has 1 N–H and O–H groups in total. The number of ether oxygens (including phenoxy) is 1. The summed E-state index contributed by atoms with van der Waals surface area (Å²) in [6.07, 6.45) is 0. The first-order valence-corrected chi connectivity index (χ1v) is 4.47. The summed E-state index contributed by atoms with van der Waals surface area (Å²) in [5.41, 5.74) is 0.969. The van der Waals surface area contributed by atoms with Gasteiger partial charge in [-0.2, -0.15) is 0 Å². The lowest BCUT2D eigenvalue weighted by Gasteiger charge is -1.91. The van der Waals surface area contributed by atoms with Crippen molar-refractivity contribution < 1.29 is 9.53 Å². The number of aromatic nitrogens is 2. The molecule has 5 nitrogen and oxygen atoms in total. The summed E-state index contributed by atoms with van der Waals surface area (Å²) in [6, 6.07) is 1.59. The van der Waals surface area contributed by atoms with Crippen molar-refractivity contribution in [3.05, 3.63) is 22.1 Å². The van der Waals surface area contributed by atoms with Crippen LogP contribution in [0.3, 0.4) is 0 Å². The van der Waals surface area contributed by atoms with E-state index >= 15 is 0 Å². The minimum absolute atomic E-state index is 0.0509. The molecule has 0 fully saturated rings. The first-order valence-electron chi connectivity index (χ1n) is 4.47. The van der Waals surface area contributed by atoms with Crippen molar-refractivity contribution in [2.75, 3.05) is 6.61 Å². The summed E-state index contributed by atoms with van der Waals surface area (Å²) in [5.74, 6) is 0. The van der Waals surface area contributed by atoms with Crippen molar-refractivity contribution in [2.24, 2.45) is 0 Å². The second-order valence-corrected chi connectivity index (χ2v) is 2.57. The zero-order valence-electron chi connectivity index (χ0n) is 8.74. The first-order chi connectivity index (χ1) is 6.65. The van der Waals surface area contributed by atoms with Gasteiger partial charge in [-0.3, -0.25) is 14.3 Å². The number of H-pyrrole nitrogens is 1. The van der Waals surface area contributed by atoms with E-state index in [0.29, 0.717) is 19.6 Å². The van der Waals surface area contributed by atoms with Crippen LogP contribution in [-0.2, 0) is 16.1 Å². The summed E-state index contributed by atoms with van der Waals surface area (Å²) >= 11 is 0. The quantitative estimate of drug-likeness (QED) is 0.730. The fraction of sp³-hybridized carbons (Fsp3) is 0.556. The Kier molecular flexibility index (Phi) is 6.19. The van der Waals surface area contributed by atoms with E-state index in [9.17, 15) is 9.59 Å². The van der Waals surface area contributed by atoms with Gasteiger partial charge < -0.3 is 9.84 Å². The van der Waals surface area contributed by atoms with Crippen LogP contribution in [0.25, 0.3) is 0 Å². The number of hydrogen-bond acceptors (Lipinski definition) is 3. The van der Waals surface area contributed by atoms with Gasteiger partial charge in [0.15, 0.2) is 0 Å². The molecule has 0 bridgehead atoms. The number of carbonyl (C=O) groups is 1. The Morgan fingerprint density at radius 3 is 2.36 bits per heavy atom. The average molecular weight is 200 g/mol. The molecule has 0 saturated carbocycles. The van der Waals surface area contributed by atoms with E-state index in [4.69, 9.17) is 0 Å². The Labute approximate surface area is 82.7 Å². The second kappa shape index (κ2) is 6.94. The van der Waals surface area contributed by atoms with Crippen LogP contribution >= 0.6 is 0 Å². The molecule has 0 aliphatic carbocycles. The van der Waals surface area contributed by atoms with E-state index in [-0.39, 0.29) is 5.56 Å². The van der Waals surface area contributed by atoms with Crippen LogP contribution in [0.5, 0.6) is 0 Å². The van der Waals surface area contributed by atoms with Crippen molar-refractivity contribution >= 4 is 6.47 Å². The molecule has 80 valence electrons. The minimum atomic E-state index is 0.0509. The van der Waals surface area contributed by atoms with Crippen LogP contribution in [0.1, 0.15) is 19.5 Å². The molecule has 0 aliphatic heterocycles. The topological polar surface area (TPSA) is 64.1 Å². The van der Waals surface area contributed by atoms with Crippen molar-refractivity contribution in [1.29, 1.82) is 0 Å². The molecule has 0 atom stereocenters. The smallest absolute Gasteiger partial charge is 0.293 e. The zero-order chi connectivity index (χ0) is 11.0. The van der Waals surface area contributed by atoms with Gasteiger partial charge in [-0.15, -0.1) is 0 Å². The van der Waals surface area contributed by atoms with Crippen LogP contribution in [0, 0.1) is 6.92 Å². The molecule has 0 radical (unpaired) electrons. The van der Waals surface area contributed by atoms with Crippen LogP contribution in [0.4, 0.5) is 0 Å². The van der Waals surface area contributed by atoms with Crippen molar-refractivity contribution in [1.82, 2.24) is 9.78 Å². The molecule has 5 heteroatoms. The number of nitrogens with one attached hydrogen (secondary N) is 1. The maximum Gasteiger partial charge on any atom is 0.293 e. The fourth-order valence-electron chi connectivity index (χ4n) is 0.866. The van der Waals surface area contributed by atoms with E-state index in [1.165, 1.54) is 0 Å². The number of carbonyl (C=O) groups excluding carboxylic acids is 1. The molecule has 1 rings (SSSR count). The van der Waals surface area contributed by atoms with Gasteiger partial charge in [0.1, 0.15) is 0 Å². The summed E-state index contributed by atoms with van der Waals surface area (Å²) in [4.78, 5) is 20.0. The molecule has 0 unspecified atom stereocenters. The second-order valence-electron chi connectivity index (χ2n) is 2.57. The molecular weight excluding hydrogens is 184 g/mol. The van der Waals surface area contributed by atoms with Crippen LogP contribution in [-0.4, -0.2) is 22.9 Å². The average Bonchev–Trinajstić information content (AvgIpc) is 2.47. The van der Waals surface area contributed by atoms with Gasteiger partial charge in [0.2, 0.25) is 0 Å². The van der Waals surface area contributed by atoms with Gasteiger partial charge in [0.05, 0.1) is 6.61 Å². The highest BCUT2D eigenvalue weighted by Gasteiger charge is 1.93. The Bertz CT molecular complexity index is 314. The Morgan fingerprint density at radius 2 is 2.21 bits per heavy atom. The lowest BCUT2D eigenvalue weighted by Crippen LogP contribution is -2.13. The number of aryl methyl sites for hydroxylation is 2. The Hall–Kier alpha value is -1.52. The van der Waals surface area contributed by atoms with Crippen molar-refractivity contribution in [3.63, 3.8) is 0 Å². The number of rotatable bonds is 3. The highest BCUT2D eigenvalue weighted by atomic mass is 16.5. The first kappa shape index (κ1) is 12.5. The standard InChI is InChI=1S/C6H10N2O.C3H6O2/c1-3-8-6(9)4-5(2)7-8;1-2-5-3-4/h4,7H,3H2,1-2H3;3H,2H2,1H3. The number of aromatic amines is 1. The molecule has 1 aromatic heterocycles. The van der Waals surface area contributed by atoms with Crippen molar-refractivity contribution in [3.8, 4) is 0 Å². The SMILES string of the molecule is CCOC=O.CCn1[nH]c(C)cc1=O. The molecule has 0 saturated heterocycles. The molecule has 1 aromatic rings. The normalized spacial score (nSPS) is 8.79. The van der Waals surface area contributed by atoms with E-state index in [1.807, 2.05) is 13.8 Å². The van der Waals surface area contributed by atoms with E-state index in [0.717, 1.165) is 5.69 Å². The minimum Gasteiger partial charge on any atom is -0.468 e. The largest absolute Gasteiger partial charge is 0.468 e. The van der Waals surface area contributed by atoms with E-state index in [1.54, 1.807) is 17.7 Å². The monoisotopic (exact) mass is 200 g/mol. The molecule has 14 heavy (non-hydrogen) atoms. The maximum atomic E-state index is 10.8. The molecule has 0 amide bonds. The van der Waals surface area contributed by atoms with Gasteiger partial charge in [0, 0.05) is 18.3 Å². The lowest BCUT2D eigenvalue weighted by atomic mass is 10.5.